The molecule has 120 valence electrons. The summed E-state index contributed by atoms with van der Waals surface area (Å²) in [6, 6.07) is 4.38. The number of methoxy groups -OCH3 is 2. The van der Waals surface area contributed by atoms with Gasteiger partial charge in [-0.15, -0.1) is 0 Å². The second-order valence-electron chi connectivity index (χ2n) is 5.19. The first-order chi connectivity index (χ1) is 10.2. The molecule has 0 heterocycles. The molecule has 0 bridgehead atoms. The maximum absolute atomic E-state index is 5.55. The second kappa shape index (κ2) is 10.1. The Hall–Kier alpha value is -0.740. The number of ether oxygens (including phenoxy) is 2. The molecule has 0 fully saturated rings. The van der Waals surface area contributed by atoms with Gasteiger partial charge in [0.15, 0.2) is 0 Å². The minimum Gasteiger partial charge on any atom is -0.496 e. The highest BCUT2D eigenvalue weighted by Gasteiger charge is 2.18. The van der Waals surface area contributed by atoms with Crippen LogP contribution >= 0.6 is 15.9 Å². The van der Waals surface area contributed by atoms with E-state index in [1.807, 2.05) is 6.07 Å². The summed E-state index contributed by atoms with van der Waals surface area (Å²) in [5.74, 6) is 1.76. The molecule has 0 aliphatic heterocycles. The van der Waals surface area contributed by atoms with Crippen LogP contribution in [0.2, 0.25) is 0 Å². The summed E-state index contributed by atoms with van der Waals surface area (Å²) >= 11 is 3.52. The third-order valence-electron chi connectivity index (χ3n) is 3.68. The third-order valence-corrected chi connectivity index (χ3v) is 4.30. The number of hydrogen-bond acceptors (Lipinski definition) is 3. The molecule has 1 rings (SSSR count). The maximum Gasteiger partial charge on any atom is 0.133 e. The van der Waals surface area contributed by atoms with Crippen LogP contribution in [0.4, 0.5) is 0 Å². The van der Waals surface area contributed by atoms with Gasteiger partial charge in [0.2, 0.25) is 0 Å². The highest BCUT2D eigenvalue weighted by molar-refractivity contribution is 9.10. The van der Waals surface area contributed by atoms with Crippen LogP contribution in [0.15, 0.2) is 16.6 Å². The Labute approximate surface area is 137 Å². The lowest BCUT2D eigenvalue weighted by Gasteiger charge is -2.22. The van der Waals surface area contributed by atoms with E-state index in [0.717, 1.165) is 28.9 Å². The van der Waals surface area contributed by atoms with E-state index < -0.39 is 0 Å². The van der Waals surface area contributed by atoms with Crippen molar-refractivity contribution >= 4 is 15.9 Å². The summed E-state index contributed by atoms with van der Waals surface area (Å²) < 4.78 is 11.9. The minimum atomic E-state index is 0.309. The Morgan fingerprint density at radius 2 is 1.76 bits per heavy atom. The summed E-state index contributed by atoms with van der Waals surface area (Å²) in [5.41, 5.74) is 1.18. The molecule has 1 aromatic rings. The van der Waals surface area contributed by atoms with Crippen molar-refractivity contribution in [3.8, 4) is 11.5 Å². The van der Waals surface area contributed by atoms with Crippen molar-refractivity contribution in [2.75, 3.05) is 20.8 Å². The van der Waals surface area contributed by atoms with Crippen LogP contribution < -0.4 is 14.8 Å². The molecule has 1 aromatic carbocycles. The molecule has 0 aliphatic carbocycles. The van der Waals surface area contributed by atoms with Gasteiger partial charge >= 0.3 is 0 Å². The van der Waals surface area contributed by atoms with E-state index in [0.29, 0.717) is 6.04 Å². The molecule has 0 radical (unpaired) electrons. The van der Waals surface area contributed by atoms with Crippen LogP contribution in [-0.2, 0) is 0 Å². The van der Waals surface area contributed by atoms with E-state index in [-0.39, 0.29) is 0 Å². The van der Waals surface area contributed by atoms with E-state index in [1.165, 1.54) is 31.2 Å². The van der Waals surface area contributed by atoms with Crippen LogP contribution in [-0.4, -0.2) is 20.8 Å². The van der Waals surface area contributed by atoms with E-state index >= 15 is 0 Å². The topological polar surface area (TPSA) is 30.5 Å². The molecule has 0 amide bonds. The molecule has 1 atom stereocenters. The molecule has 21 heavy (non-hydrogen) atoms. The van der Waals surface area contributed by atoms with Gasteiger partial charge < -0.3 is 14.8 Å². The van der Waals surface area contributed by atoms with Crippen molar-refractivity contribution in [1.82, 2.24) is 5.32 Å². The fourth-order valence-corrected chi connectivity index (χ4v) is 3.03. The van der Waals surface area contributed by atoms with Gasteiger partial charge in [-0.3, -0.25) is 0 Å². The lowest BCUT2D eigenvalue weighted by atomic mass is 9.98. The van der Waals surface area contributed by atoms with Gasteiger partial charge in [0.1, 0.15) is 11.5 Å². The molecular formula is C17H28BrNO2. The average molecular weight is 358 g/mol. The van der Waals surface area contributed by atoms with Gasteiger partial charge in [-0.05, 0) is 41.0 Å². The summed E-state index contributed by atoms with van der Waals surface area (Å²) in [7, 11) is 3.41. The van der Waals surface area contributed by atoms with Gasteiger partial charge in [-0.25, -0.2) is 0 Å². The molecule has 0 saturated carbocycles. The van der Waals surface area contributed by atoms with Gasteiger partial charge in [0, 0.05) is 11.6 Å². The highest BCUT2D eigenvalue weighted by Crippen LogP contribution is 2.37. The second-order valence-corrected chi connectivity index (χ2v) is 6.04. The number of nitrogens with one attached hydrogen (secondary N) is 1. The van der Waals surface area contributed by atoms with Crippen molar-refractivity contribution in [3.05, 3.63) is 22.2 Å². The standard InChI is InChI=1S/C17H28BrNO2/c1-5-7-8-9-10-15(19-6-2)13-11-17(21-4)14(18)12-16(13)20-3/h11-12,15,19H,5-10H2,1-4H3. The van der Waals surface area contributed by atoms with Gasteiger partial charge in [0.25, 0.3) is 0 Å². The smallest absolute Gasteiger partial charge is 0.133 e. The van der Waals surface area contributed by atoms with Gasteiger partial charge in [0.05, 0.1) is 18.7 Å². The summed E-state index contributed by atoms with van der Waals surface area (Å²) in [6.45, 7) is 5.33. The quantitative estimate of drug-likeness (QED) is 0.591. The van der Waals surface area contributed by atoms with Crippen molar-refractivity contribution in [1.29, 1.82) is 0 Å². The lowest BCUT2D eigenvalue weighted by molar-refractivity contribution is 0.383. The zero-order valence-electron chi connectivity index (χ0n) is 13.7. The number of benzene rings is 1. The molecule has 4 heteroatoms. The van der Waals surface area contributed by atoms with Crippen LogP contribution in [0, 0.1) is 0 Å². The predicted octanol–water partition coefficient (Wildman–Crippen LogP) is 5.09. The Morgan fingerprint density at radius 3 is 2.33 bits per heavy atom. The van der Waals surface area contributed by atoms with Gasteiger partial charge in [-0.1, -0.05) is 39.5 Å². The van der Waals surface area contributed by atoms with E-state index in [9.17, 15) is 0 Å². The van der Waals surface area contributed by atoms with Crippen LogP contribution in [0.1, 0.15) is 57.6 Å². The van der Waals surface area contributed by atoms with Gasteiger partial charge in [-0.2, -0.15) is 0 Å². The van der Waals surface area contributed by atoms with Crippen LogP contribution in [0.5, 0.6) is 11.5 Å². The monoisotopic (exact) mass is 357 g/mol. The summed E-state index contributed by atoms with van der Waals surface area (Å²) in [5, 5.41) is 3.57. The predicted molar refractivity (Wildman–Crippen MR) is 92.4 cm³/mol. The average Bonchev–Trinajstić information content (AvgIpc) is 2.50. The molecular weight excluding hydrogens is 330 g/mol. The van der Waals surface area contributed by atoms with Crippen molar-refractivity contribution in [3.63, 3.8) is 0 Å². The van der Waals surface area contributed by atoms with Crippen molar-refractivity contribution < 1.29 is 9.47 Å². The molecule has 0 aliphatic rings. The van der Waals surface area contributed by atoms with Crippen LogP contribution in [0.25, 0.3) is 0 Å². The maximum atomic E-state index is 5.55. The normalized spacial score (nSPS) is 12.2. The molecule has 0 spiro atoms. The Morgan fingerprint density at radius 1 is 1.05 bits per heavy atom. The number of hydrogen-bond donors (Lipinski definition) is 1. The van der Waals surface area contributed by atoms with Crippen LogP contribution in [0.3, 0.4) is 0 Å². The first-order valence-corrected chi connectivity index (χ1v) is 8.61. The fourth-order valence-electron chi connectivity index (χ4n) is 2.55. The molecule has 3 nitrogen and oxygen atoms in total. The molecule has 1 N–H and O–H groups in total. The number of halogens is 1. The zero-order valence-corrected chi connectivity index (χ0v) is 15.3. The lowest BCUT2D eigenvalue weighted by Crippen LogP contribution is -2.21. The number of rotatable bonds is 10. The van der Waals surface area contributed by atoms with E-state index in [1.54, 1.807) is 14.2 Å². The largest absolute Gasteiger partial charge is 0.496 e. The van der Waals surface area contributed by atoms with Crippen molar-refractivity contribution in [2.24, 2.45) is 0 Å². The Balaban J connectivity index is 2.94. The Kier molecular flexibility index (Phi) is 8.77. The summed E-state index contributed by atoms with van der Waals surface area (Å²) in [4.78, 5) is 0. The Bertz CT molecular complexity index is 423. The summed E-state index contributed by atoms with van der Waals surface area (Å²) in [6.07, 6.45) is 6.21. The first kappa shape index (κ1) is 18.3. The van der Waals surface area contributed by atoms with E-state index in [4.69, 9.17) is 9.47 Å². The molecule has 1 unspecified atom stereocenters. The minimum absolute atomic E-state index is 0.309. The number of unbranched alkanes of at least 4 members (excludes halogenated alkanes) is 3. The fraction of sp³-hybridized carbons (Fsp3) is 0.647. The highest BCUT2D eigenvalue weighted by atomic mass is 79.9. The third kappa shape index (κ3) is 5.51. The molecule has 0 saturated heterocycles. The first-order valence-electron chi connectivity index (χ1n) is 7.82. The SMILES string of the molecule is CCCCCCC(NCC)c1cc(OC)c(Br)cc1OC. The zero-order chi connectivity index (χ0) is 15.7. The molecule has 0 aromatic heterocycles. The van der Waals surface area contributed by atoms with E-state index in [2.05, 4.69) is 41.2 Å². The van der Waals surface area contributed by atoms with Crippen molar-refractivity contribution in [2.45, 2.75) is 52.0 Å².